The predicted molar refractivity (Wildman–Crippen MR) is 194 cm³/mol. The normalized spacial score (nSPS) is 48.2. The van der Waals surface area contributed by atoms with E-state index in [2.05, 4.69) is 57.2 Å². The third kappa shape index (κ3) is 3.07. The molecular weight excluding hydrogens is 652 g/mol. The fraction of sp³-hybridized carbons (Fsp3) is 0.674. The lowest BCUT2D eigenvalue weighted by atomic mass is 9.43. The molecule has 0 aromatic heterocycles. The van der Waals surface area contributed by atoms with E-state index in [4.69, 9.17) is 23.9 Å². The Kier molecular flexibility index (Phi) is 5.62. The van der Waals surface area contributed by atoms with Gasteiger partial charge in [0.25, 0.3) is 0 Å². The van der Waals surface area contributed by atoms with Crippen LogP contribution in [0.4, 0.5) is 11.4 Å². The molecule has 11 aliphatic rings. The smallest absolute Gasteiger partial charge is 0.314 e. The first-order valence-corrected chi connectivity index (χ1v) is 20.4. The lowest BCUT2D eigenvalue weighted by molar-refractivity contribution is -0.180. The van der Waals surface area contributed by atoms with Crippen LogP contribution in [0.2, 0.25) is 0 Å². The zero-order valence-corrected chi connectivity index (χ0v) is 30.5. The van der Waals surface area contributed by atoms with E-state index in [1.807, 2.05) is 7.11 Å². The Balaban J connectivity index is 1.01. The van der Waals surface area contributed by atoms with Crippen LogP contribution in [0.15, 0.2) is 47.5 Å². The number of para-hydroxylation sites is 2. The van der Waals surface area contributed by atoms with Gasteiger partial charge in [0, 0.05) is 78.3 Å². The summed E-state index contributed by atoms with van der Waals surface area (Å²) >= 11 is 0. The number of hydrogen-bond acceptors (Lipinski definition) is 9. The highest BCUT2D eigenvalue weighted by Crippen LogP contribution is 2.75. The first-order chi connectivity index (χ1) is 25.4. The monoisotopic (exact) mass is 702 g/mol. The minimum atomic E-state index is -0.349. The van der Waals surface area contributed by atoms with E-state index in [1.54, 1.807) is 12.7 Å². The number of fused-ring (bicyclic) bond motifs is 4. The zero-order valence-electron chi connectivity index (χ0n) is 30.5. The molecule has 7 saturated heterocycles. The van der Waals surface area contributed by atoms with Gasteiger partial charge < -0.3 is 23.8 Å². The summed E-state index contributed by atoms with van der Waals surface area (Å²) in [5, 5.41) is 0. The Morgan fingerprint density at radius 2 is 1.69 bits per heavy atom. The summed E-state index contributed by atoms with van der Waals surface area (Å²) in [6.45, 7) is 7.03. The van der Waals surface area contributed by atoms with Gasteiger partial charge in [0.05, 0.1) is 49.1 Å². The molecule has 9 heteroatoms. The minimum Gasteiger partial charge on any atom is -0.495 e. The van der Waals surface area contributed by atoms with E-state index in [1.165, 1.54) is 43.5 Å². The van der Waals surface area contributed by atoms with Gasteiger partial charge in [-0.2, -0.15) is 0 Å². The van der Waals surface area contributed by atoms with E-state index >= 15 is 0 Å². The summed E-state index contributed by atoms with van der Waals surface area (Å²) in [6.07, 6.45) is 9.14. The molecule has 9 fully saturated rings. The third-order valence-corrected chi connectivity index (χ3v) is 17.6. The molecule has 9 nitrogen and oxygen atoms in total. The molecule has 9 heterocycles. The minimum absolute atomic E-state index is 0.0608. The van der Waals surface area contributed by atoms with E-state index in [9.17, 15) is 4.79 Å². The molecule has 9 aliphatic heterocycles. The summed E-state index contributed by atoms with van der Waals surface area (Å²) in [5.74, 6) is 1.09. The maximum absolute atomic E-state index is 14.0. The van der Waals surface area contributed by atoms with E-state index in [0.717, 1.165) is 82.2 Å². The molecule has 0 N–H and O–H groups in total. The SMILES string of the molecule is COC(=O)C1C[C@]23CCO[C@H]2[C@@]2(C[C@@H]4C[C@]56CCO[C@H]5CCN5CC[C@@]7(c8cccc(OC)c8N(C2)[C@@H]47)[C@@H]56)CN2CC[C@]4(C1=Nc1ccccc14)[C@@H]23. The molecule has 2 saturated carbocycles. The van der Waals surface area contributed by atoms with Crippen molar-refractivity contribution >= 4 is 23.1 Å². The largest absolute Gasteiger partial charge is 0.495 e. The zero-order chi connectivity index (χ0) is 34.4. The van der Waals surface area contributed by atoms with Gasteiger partial charge in [-0.25, -0.2) is 0 Å². The van der Waals surface area contributed by atoms with Crippen molar-refractivity contribution in [2.45, 2.75) is 92.5 Å². The molecule has 13 rings (SSSR count). The molecule has 12 atom stereocenters. The molecule has 5 spiro atoms. The molecule has 1 unspecified atom stereocenters. The van der Waals surface area contributed by atoms with Crippen molar-refractivity contribution in [3.8, 4) is 5.75 Å². The Hall–Kier alpha value is -2.98. The van der Waals surface area contributed by atoms with Gasteiger partial charge >= 0.3 is 5.97 Å². The average Bonchev–Trinajstić information content (AvgIpc) is 4.02. The number of hydrogen-bond donors (Lipinski definition) is 0. The molecule has 0 bridgehead atoms. The maximum atomic E-state index is 14.0. The van der Waals surface area contributed by atoms with Gasteiger partial charge in [-0.15, -0.1) is 0 Å². The first-order valence-electron chi connectivity index (χ1n) is 20.4. The maximum Gasteiger partial charge on any atom is 0.314 e. The van der Waals surface area contributed by atoms with Crippen LogP contribution in [0.3, 0.4) is 0 Å². The summed E-state index contributed by atoms with van der Waals surface area (Å²) in [5.41, 5.74) is 6.10. The van der Waals surface area contributed by atoms with Crippen molar-refractivity contribution in [2.24, 2.45) is 33.1 Å². The number of rotatable bonds is 2. The van der Waals surface area contributed by atoms with Crippen molar-refractivity contribution in [1.29, 1.82) is 0 Å². The number of benzene rings is 2. The molecular formula is C43H50N4O5. The van der Waals surface area contributed by atoms with Crippen LogP contribution in [-0.4, -0.2) is 112 Å². The Bertz CT molecular complexity index is 1990. The average molecular weight is 703 g/mol. The van der Waals surface area contributed by atoms with E-state index in [-0.39, 0.29) is 51.1 Å². The standard InChI is InChI=1S/C43H50N4O5/c1-49-30-9-5-7-28-32(30)47-24-39(20-25-21-40-13-18-51-31(40)10-15-45-16-12-43(28,34(25)47)36(40)45)23-46-17-11-42-27-6-3-4-8-29(27)44-33(42)26(35(48)50-2)22-41(37(42)46)14-19-52-38(39)41/h3-9,25-26,31,34,36-38H,10-24H2,1-2H3/t25-,26?,31+,34+,36+,37+,38+,39+,40-,41+,42+,43+/m1/s1. The number of carbonyl (C=O) groups is 1. The molecule has 2 aromatic rings. The number of esters is 1. The van der Waals surface area contributed by atoms with Crippen LogP contribution in [0.5, 0.6) is 5.75 Å². The van der Waals surface area contributed by atoms with E-state index < -0.39 is 0 Å². The molecule has 272 valence electrons. The third-order valence-electron chi connectivity index (χ3n) is 17.6. The van der Waals surface area contributed by atoms with Crippen LogP contribution in [0.1, 0.15) is 62.5 Å². The fourth-order valence-electron chi connectivity index (χ4n) is 17.0. The van der Waals surface area contributed by atoms with Gasteiger partial charge in [0.15, 0.2) is 0 Å². The van der Waals surface area contributed by atoms with Crippen molar-refractivity contribution in [2.75, 3.05) is 65.1 Å². The quantitative estimate of drug-likeness (QED) is 0.411. The van der Waals surface area contributed by atoms with Crippen molar-refractivity contribution in [1.82, 2.24) is 9.80 Å². The highest BCUT2D eigenvalue weighted by Gasteiger charge is 2.80. The second-order valence-electron chi connectivity index (χ2n) is 18.9. The van der Waals surface area contributed by atoms with Crippen LogP contribution < -0.4 is 9.64 Å². The van der Waals surface area contributed by atoms with Gasteiger partial charge in [0.2, 0.25) is 0 Å². The number of anilines is 1. The molecule has 0 amide bonds. The number of carbonyl (C=O) groups excluding carboxylic acids is 1. The summed E-state index contributed by atoms with van der Waals surface area (Å²) in [4.78, 5) is 28.0. The molecule has 2 aromatic carbocycles. The van der Waals surface area contributed by atoms with E-state index in [0.29, 0.717) is 24.1 Å². The Labute approximate surface area is 306 Å². The molecule has 2 aliphatic carbocycles. The van der Waals surface area contributed by atoms with Crippen molar-refractivity contribution < 1.29 is 23.7 Å². The summed E-state index contributed by atoms with van der Waals surface area (Å²) < 4.78 is 26.0. The summed E-state index contributed by atoms with van der Waals surface area (Å²) in [7, 11) is 3.43. The predicted octanol–water partition coefficient (Wildman–Crippen LogP) is 4.87. The van der Waals surface area contributed by atoms with Gasteiger partial charge in [-0.3, -0.25) is 19.6 Å². The second kappa shape index (κ2) is 9.63. The second-order valence-corrected chi connectivity index (χ2v) is 18.9. The van der Waals surface area contributed by atoms with Crippen LogP contribution in [0, 0.1) is 28.1 Å². The van der Waals surface area contributed by atoms with Crippen molar-refractivity contribution in [3.05, 3.63) is 53.6 Å². The molecule has 0 radical (unpaired) electrons. The Morgan fingerprint density at radius 1 is 0.846 bits per heavy atom. The number of aliphatic imine (C=N–C) groups is 1. The van der Waals surface area contributed by atoms with Crippen LogP contribution in [-0.2, 0) is 29.8 Å². The lowest BCUT2D eigenvalue weighted by Crippen LogP contribution is -2.77. The topological polar surface area (TPSA) is 76.1 Å². The van der Waals surface area contributed by atoms with Gasteiger partial charge in [-0.05, 0) is 93.6 Å². The van der Waals surface area contributed by atoms with Crippen molar-refractivity contribution in [3.63, 3.8) is 0 Å². The highest BCUT2D eigenvalue weighted by atomic mass is 16.5. The number of ether oxygens (including phenoxy) is 4. The van der Waals surface area contributed by atoms with Crippen LogP contribution in [0.25, 0.3) is 0 Å². The number of methoxy groups -OCH3 is 2. The van der Waals surface area contributed by atoms with Crippen LogP contribution >= 0.6 is 0 Å². The van der Waals surface area contributed by atoms with Gasteiger partial charge in [0.1, 0.15) is 5.75 Å². The number of piperidine rings is 3. The van der Waals surface area contributed by atoms with Gasteiger partial charge in [-0.1, -0.05) is 30.3 Å². The molecule has 52 heavy (non-hydrogen) atoms. The first kappa shape index (κ1) is 30.4. The fourth-order valence-corrected chi connectivity index (χ4v) is 17.0. The summed E-state index contributed by atoms with van der Waals surface area (Å²) in [6, 6.07) is 17.0. The number of nitrogens with zero attached hydrogens (tertiary/aromatic N) is 4. The lowest BCUT2D eigenvalue weighted by Gasteiger charge is -2.68. The Morgan fingerprint density at radius 3 is 2.60 bits per heavy atom. The highest BCUT2D eigenvalue weighted by molar-refractivity contribution is 6.13.